The monoisotopic (exact) mass is 331 g/mol. The predicted octanol–water partition coefficient (Wildman–Crippen LogP) is 3.68. The van der Waals surface area contributed by atoms with Crippen LogP contribution < -0.4 is 0 Å². The van der Waals surface area contributed by atoms with E-state index in [9.17, 15) is 4.79 Å². The van der Waals surface area contributed by atoms with Crippen LogP contribution in [-0.4, -0.2) is 43.5 Å². The zero-order chi connectivity index (χ0) is 15.2. The zero-order valence-corrected chi connectivity index (χ0v) is 13.9. The van der Waals surface area contributed by atoms with Gasteiger partial charge in [-0.05, 0) is 11.1 Å². The van der Waals surface area contributed by atoms with Crippen molar-refractivity contribution in [2.45, 2.75) is 6.42 Å². The number of ether oxygens (including phenoxy) is 1. The molecule has 2 aromatic rings. The number of halogens is 1. The Bertz CT molecular complexity index is 607. The van der Waals surface area contributed by atoms with Gasteiger partial charge in [-0.15, -0.1) is 12.4 Å². The van der Waals surface area contributed by atoms with Crippen molar-refractivity contribution in [1.82, 2.24) is 4.90 Å². The van der Waals surface area contributed by atoms with E-state index in [1.807, 2.05) is 42.5 Å². The Labute approximate surface area is 143 Å². The molecule has 23 heavy (non-hydrogen) atoms. The molecule has 0 spiro atoms. The SMILES string of the molecule is Cl.O=C(CCN1CCOCC1)c1ccc(-c2ccccc2)cc1. The second kappa shape index (κ2) is 8.82. The Morgan fingerprint density at radius 1 is 0.913 bits per heavy atom. The minimum Gasteiger partial charge on any atom is -0.379 e. The maximum absolute atomic E-state index is 12.3. The predicted molar refractivity (Wildman–Crippen MR) is 95.3 cm³/mol. The Balaban J connectivity index is 0.00000192. The summed E-state index contributed by atoms with van der Waals surface area (Å²) in [6.07, 6.45) is 0.574. The lowest BCUT2D eigenvalue weighted by molar-refractivity contribution is 0.0370. The molecule has 1 saturated heterocycles. The highest BCUT2D eigenvalue weighted by molar-refractivity contribution is 5.96. The first-order chi connectivity index (χ1) is 10.8. The van der Waals surface area contributed by atoms with Gasteiger partial charge in [-0.2, -0.15) is 0 Å². The van der Waals surface area contributed by atoms with Crippen LogP contribution in [0.2, 0.25) is 0 Å². The van der Waals surface area contributed by atoms with Crippen LogP contribution >= 0.6 is 12.4 Å². The average Bonchev–Trinajstić information content (AvgIpc) is 2.61. The number of benzene rings is 2. The first-order valence-corrected chi connectivity index (χ1v) is 7.82. The van der Waals surface area contributed by atoms with Crippen LogP contribution in [0.3, 0.4) is 0 Å². The minimum absolute atomic E-state index is 0. The molecule has 3 rings (SSSR count). The van der Waals surface area contributed by atoms with E-state index >= 15 is 0 Å². The van der Waals surface area contributed by atoms with Crippen LogP contribution in [0.5, 0.6) is 0 Å². The summed E-state index contributed by atoms with van der Waals surface area (Å²) in [7, 11) is 0. The van der Waals surface area contributed by atoms with Gasteiger partial charge >= 0.3 is 0 Å². The highest BCUT2D eigenvalue weighted by Crippen LogP contribution is 2.19. The molecule has 0 atom stereocenters. The summed E-state index contributed by atoms with van der Waals surface area (Å²) in [5, 5.41) is 0. The van der Waals surface area contributed by atoms with Crippen LogP contribution in [0.15, 0.2) is 54.6 Å². The molecule has 0 bridgehead atoms. The van der Waals surface area contributed by atoms with Crippen molar-refractivity contribution in [2.75, 3.05) is 32.8 Å². The van der Waals surface area contributed by atoms with Crippen molar-refractivity contribution in [1.29, 1.82) is 0 Å². The van der Waals surface area contributed by atoms with Gasteiger partial charge in [-0.25, -0.2) is 0 Å². The second-order valence-electron chi connectivity index (χ2n) is 5.57. The third kappa shape index (κ3) is 4.90. The molecule has 3 nitrogen and oxygen atoms in total. The van der Waals surface area contributed by atoms with Gasteiger partial charge in [0.15, 0.2) is 5.78 Å². The standard InChI is InChI=1S/C19H21NO2.ClH/c21-19(10-11-20-12-14-22-15-13-20)18-8-6-17(7-9-18)16-4-2-1-3-5-16;/h1-9H,10-15H2;1H. The average molecular weight is 332 g/mol. The van der Waals surface area contributed by atoms with E-state index in [1.165, 1.54) is 5.56 Å². The molecule has 0 radical (unpaired) electrons. The van der Waals surface area contributed by atoms with Crippen molar-refractivity contribution in [3.05, 3.63) is 60.2 Å². The number of nitrogens with zero attached hydrogens (tertiary/aromatic N) is 1. The lowest BCUT2D eigenvalue weighted by atomic mass is 10.0. The molecule has 1 fully saturated rings. The molecular formula is C19H22ClNO2. The molecule has 1 aliphatic heterocycles. The largest absolute Gasteiger partial charge is 0.379 e. The van der Waals surface area contributed by atoms with Crippen molar-refractivity contribution in [3.8, 4) is 11.1 Å². The molecule has 1 aliphatic rings. The van der Waals surface area contributed by atoms with Crippen molar-refractivity contribution in [2.24, 2.45) is 0 Å². The number of hydrogen-bond acceptors (Lipinski definition) is 3. The van der Waals surface area contributed by atoms with E-state index in [4.69, 9.17) is 4.74 Å². The number of ketones is 1. The third-order valence-corrected chi connectivity index (χ3v) is 4.07. The summed E-state index contributed by atoms with van der Waals surface area (Å²) in [6, 6.07) is 18.1. The number of carbonyl (C=O) groups excluding carboxylic acids is 1. The number of Topliss-reactive ketones (excluding diaryl/α,β-unsaturated/α-hetero) is 1. The van der Waals surface area contributed by atoms with Gasteiger partial charge in [0.05, 0.1) is 13.2 Å². The number of rotatable bonds is 5. The van der Waals surface area contributed by atoms with Gasteiger partial charge in [-0.1, -0.05) is 54.6 Å². The molecular weight excluding hydrogens is 310 g/mol. The third-order valence-electron chi connectivity index (χ3n) is 4.07. The molecule has 0 unspecified atom stereocenters. The van der Waals surface area contributed by atoms with E-state index in [1.54, 1.807) is 0 Å². The molecule has 1 heterocycles. The highest BCUT2D eigenvalue weighted by atomic mass is 35.5. The molecule has 0 aliphatic carbocycles. The molecule has 0 N–H and O–H groups in total. The fraction of sp³-hybridized carbons (Fsp3) is 0.316. The molecule has 2 aromatic carbocycles. The van der Waals surface area contributed by atoms with E-state index < -0.39 is 0 Å². The van der Waals surface area contributed by atoms with Crippen molar-refractivity contribution < 1.29 is 9.53 Å². The lowest BCUT2D eigenvalue weighted by Crippen LogP contribution is -2.37. The van der Waals surface area contributed by atoms with Crippen LogP contribution in [0, 0.1) is 0 Å². The quantitative estimate of drug-likeness (QED) is 0.783. The maximum Gasteiger partial charge on any atom is 0.164 e. The first-order valence-electron chi connectivity index (χ1n) is 7.82. The highest BCUT2D eigenvalue weighted by Gasteiger charge is 2.13. The summed E-state index contributed by atoms with van der Waals surface area (Å²) in [5.74, 6) is 0.214. The maximum atomic E-state index is 12.3. The van der Waals surface area contributed by atoms with Crippen LogP contribution in [0.25, 0.3) is 11.1 Å². The van der Waals surface area contributed by atoms with Gasteiger partial charge in [-0.3, -0.25) is 9.69 Å². The summed E-state index contributed by atoms with van der Waals surface area (Å²) in [5.41, 5.74) is 3.12. The fourth-order valence-electron chi connectivity index (χ4n) is 2.71. The molecule has 122 valence electrons. The number of morpholine rings is 1. The smallest absolute Gasteiger partial charge is 0.164 e. The van der Waals surface area contributed by atoms with Gasteiger partial charge in [0.2, 0.25) is 0 Å². The van der Waals surface area contributed by atoms with Gasteiger partial charge in [0.1, 0.15) is 0 Å². The zero-order valence-electron chi connectivity index (χ0n) is 13.1. The van der Waals surface area contributed by atoms with Crippen LogP contribution in [-0.2, 0) is 4.74 Å². The molecule has 0 aromatic heterocycles. The minimum atomic E-state index is 0. The summed E-state index contributed by atoms with van der Waals surface area (Å²) in [4.78, 5) is 14.6. The lowest BCUT2D eigenvalue weighted by Gasteiger charge is -2.26. The Morgan fingerprint density at radius 3 is 2.17 bits per heavy atom. The topological polar surface area (TPSA) is 29.5 Å². The Morgan fingerprint density at radius 2 is 1.52 bits per heavy atom. The second-order valence-corrected chi connectivity index (χ2v) is 5.57. The molecule has 0 saturated carbocycles. The Hall–Kier alpha value is -1.68. The van der Waals surface area contributed by atoms with Gasteiger partial charge in [0.25, 0.3) is 0 Å². The Kier molecular flexibility index (Phi) is 6.78. The van der Waals surface area contributed by atoms with Crippen molar-refractivity contribution in [3.63, 3.8) is 0 Å². The van der Waals surface area contributed by atoms with E-state index in [-0.39, 0.29) is 18.2 Å². The van der Waals surface area contributed by atoms with Crippen LogP contribution in [0.1, 0.15) is 16.8 Å². The summed E-state index contributed by atoms with van der Waals surface area (Å²) < 4.78 is 5.32. The summed E-state index contributed by atoms with van der Waals surface area (Å²) in [6.45, 7) is 4.24. The van der Waals surface area contributed by atoms with Gasteiger partial charge in [0, 0.05) is 31.6 Å². The molecule has 4 heteroatoms. The van der Waals surface area contributed by atoms with E-state index in [2.05, 4.69) is 17.0 Å². The van der Waals surface area contributed by atoms with Crippen molar-refractivity contribution >= 4 is 18.2 Å². The normalized spacial score (nSPS) is 15.0. The molecule has 0 amide bonds. The number of hydrogen-bond donors (Lipinski definition) is 0. The van der Waals surface area contributed by atoms with E-state index in [0.29, 0.717) is 6.42 Å². The van der Waals surface area contributed by atoms with E-state index in [0.717, 1.165) is 44.0 Å². The fourth-order valence-corrected chi connectivity index (χ4v) is 2.71. The van der Waals surface area contributed by atoms with Gasteiger partial charge < -0.3 is 4.74 Å². The summed E-state index contributed by atoms with van der Waals surface area (Å²) >= 11 is 0. The first kappa shape index (κ1) is 17.7. The van der Waals surface area contributed by atoms with Crippen LogP contribution in [0.4, 0.5) is 0 Å². The number of carbonyl (C=O) groups is 1.